The number of nitrogens with one attached hydrogen (secondary N) is 1. The Morgan fingerprint density at radius 2 is 1.85 bits per heavy atom. The molecular formula is C17H12Cl2N2O5. The SMILES string of the molecule is O=C(O)c1ccc(N2C(=O)CC(Nc3ccc(Cl)c(Cl)c3)C2=O)cc1O. The number of carbonyl (C=O) groups is 3. The van der Waals surface area contributed by atoms with Crippen molar-refractivity contribution >= 4 is 52.4 Å². The molecule has 1 aliphatic heterocycles. The molecule has 0 aliphatic carbocycles. The van der Waals surface area contributed by atoms with E-state index in [4.69, 9.17) is 28.3 Å². The van der Waals surface area contributed by atoms with Gasteiger partial charge in [-0.1, -0.05) is 23.2 Å². The van der Waals surface area contributed by atoms with Crippen molar-refractivity contribution < 1.29 is 24.6 Å². The van der Waals surface area contributed by atoms with Gasteiger partial charge in [0.25, 0.3) is 5.91 Å². The molecule has 7 nitrogen and oxygen atoms in total. The minimum Gasteiger partial charge on any atom is -0.507 e. The average Bonchev–Trinajstić information content (AvgIpc) is 2.84. The molecule has 134 valence electrons. The summed E-state index contributed by atoms with van der Waals surface area (Å²) in [6.45, 7) is 0. The predicted octanol–water partition coefficient (Wildman–Crippen LogP) is 3.14. The van der Waals surface area contributed by atoms with Gasteiger partial charge in [0.05, 0.1) is 22.2 Å². The van der Waals surface area contributed by atoms with E-state index in [2.05, 4.69) is 5.32 Å². The quantitative estimate of drug-likeness (QED) is 0.687. The van der Waals surface area contributed by atoms with E-state index in [1.807, 2.05) is 0 Å². The molecule has 1 atom stereocenters. The molecule has 0 saturated carbocycles. The molecule has 0 bridgehead atoms. The van der Waals surface area contributed by atoms with Crippen LogP contribution in [0.25, 0.3) is 0 Å². The van der Waals surface area contributed by atoms with Crippen LogP contribution in [0.1, 0.15) is 16.8 Å². The number of aromatic carboxylic acids is 1. The lowest BCUT2D eigenvalue weighted by Crippen LogP contribution is -2.34. The lowest BCUT2D eigenvalue weighted by molar-refractivity contribution is -0.121. The summed E-state index contributed by atoms with van der Waals surface area (Å²) in [5.74, 6) is -2.85. The summed E-state index contributed by atoms with van der Waals surface area (Å²) in [7, 11) is 0. The molecule has 2 amide bonds. The summed E-state index contributed by atoms with van der Waals surface area (Å²) in [6, 6.07) is 7.41. The van der Waals surface area contributed by atoms with Crippen molar-refractivity contribution in [2.24, 2.45) is 0 Å². The van der Waals surface area contributed by atoms with Crippen molar-refractivity contribution in [1.29, 1.82) is 0 Å². The second kappa shape index (κ2) is 6.86. The first-order chi connectivity index (χ1) is 12.3. The number of carboxylic acid groups (broad SMARTS) is 1. The third kappa shape index (κ3) is 3.31. The molecular weight excluding hydrogens is 383 g/mol. The lowest BCUT2D eigenvalue weighted by Gasteiger charge is -2.17. The summed E-state index contributed by atoms with van der Waals surface area (Å²) in [6.07, 6.45) is -0.0967. The second-order valence-electron chi connectivity index (χ2n) is 5.60. The van der Waals surface area contributed by atoms with Gasteiger partial charge in [-0.2, -0.15) is 0 Å². The minimum absolute atomic E-state index is 0.0967. The monoisotopic (exact) mass is 394 g/mol. The Morgan fingerprint density at radius 3 is 2.46 bits per heavy atom. The number of imide groups is 1. The highest BCUT2D eigenvalue weighted by Crippen LogP contribution is 2.31. The highest BCUT2D eigenvalue weighted by atomic mass is 35.5. The highest BCUT2D eigenvalue weighted by molar-refractivity contribution is 6.42. The maximum atomic E-state index is 12.6. The number of aromatic hydroxyl groups is 1. The normalized spacial score (nSPS) is 16.8. The predicted molar refractivity (Wildman–Crippen MR) is 96.0 cm³/mol. The van der Waals surface area contributed by atoms with Gasteiger partial charge in [-0.15, -0.1) is 0 Å². The first kappa shape index (κ1) is 18.0. The van der Waals surface area contributed by atoms with Gasteiger partial charge >= 0.3 is 5.97 Å². The number of carboxylic acids is 1. The van der Waals surface area contributed by atoms with Crippen LogP contribution in [0.4, 0.5) is 11.4 Å². The number of nitrogens with zero attached hydrogens (tertiary/aromatic N) is 1. The molecule has 1 fully saturated rings. The van der Waals surface area contributed by atoms with Crippen LogP contribution >= 0.6 is 23.2 Å². The molecule has 1 saturated heterocycles. The molecule has 2 aromatic carbocycles. The number of hydrogen-bond donors (Lipinski definition) is 3. The van der Waals surface area contributed by atoms with Crippen LogP contribution in [0.2, 0.25) is 10.0 Å². The Labute approximate surface area is 157 Å². The molecule has 1 unspecified atom stereocenters. The van der Waals surface area contributed by atoms with Crippen LogP contribution in [0.15, 0.2) is 36.4 Å². The van der Waals surface area contributed by atoms with Crippen LogP contribution < -0.4 is 10.2 Å². The molecule has 0 radical (unpaired) electrons. The number of rotatable bonds is 4. The topological polar surface area (TPSA) is 107 Å². The fraction of sp³-hybridized carbons (Fsp3) is 0.118. The van der Waals surface area contributed by atoms with Crippen LogP contribution in [-0.2, 0) is 9.59 Å². The molecule has 2 aromatic rings. The Morgan fingerprint density at radius 1 is 1.12 bits per heavy atom. The summed E-state index contributed by atoms with van der Waals surface area (Å²) >= 11 is 11.8. The summed E-state index contributed by atoms with van der Waals surface area (Å²) in [4.78, 5) is 36.7. The Balaban J connectivity index is 1.83. The molecule has 0 aromatic heterocycles. The molecule has 0 spiro atoms. The van der Waals surface area contributed by atoms with Gasteiger partial charge in [0.1, 0.15) is 17.4 Å². The summed E-state index contributed by atoms with van der Waals surface area (Å²) in [5.41, 5.74) is 0.302. The summed E-state index contributed by atoms with van der Waals surface area (Å²) in [5, 5.41) is 22.3. The van der Waals surface area contributed by atoms with E-state index in [1.54, 1.807) is 12.1 Å². The zero-order valence-corrected chi connectivity index (χ0v) is 14.6. The zero-order chi connectivity index (χ0) is 19.0. The fourth-order valence-corrected chi connectivity index (χ4v) is 2.94. The van der Waals surface area contributed by atoms with Crippen molar-refractivity contribution in [3.8, 4) is 5.75 Å². The molecule has 1 aliphatic rings. The van der Waals surface area contributed by atoms with Gasteiger partial charge in [-0.05, 0) is 30.3 Å². The average molecular weight is 395 g/mol. The van der Waals surface area contributed by atoms with Crippen molar-refractivity contribution in [2.45, 2.75) is 12.5 Å². The van der Waals surface area contributed by atoms with Gasteiger partial charge < -0.3 is 15.5 Å². The first-order valence-corrected chi connectivity index (χ1v) is 8.18. The molecule has 9 heteroatoms. The standard InChI is InChI=1S/C17H12Cl2N2O5/c18-11-4-1-8(5-12(11)19)20-13-7-15(23)21(16(13)24)9-2-3-10(17(25)26)14(22)6-9/h1-6,13,20,22H,7H2,(H,25,26). The van der Waals surface area contributed by atoms with Crippen molar-refractivity contribution in [3.63, 3.8) is 0 Å². The van der Waals surface area contributed by atoms with Gasteiger partial charge in [-0.25, -0.2) is 9.69 Å². The van der Waals surface area contributed by atoms with Crippen LogP contribution in [0, 0.1) is 0 Å². The Hall–Kier alpha value is -2.77. The van der Waals surface area contributed by atoms with Crippen molar-refractivity contribution in [3.05, 3.63) is 52.0 Å². The van der Waals surface area contributed by atoms with E-state index < -0.39 is 29.6 Å². The van der Waals surface area contributed by atoms with Crippen LogP contribution in [0.5, 0.6) is 5.75 Å². The van der Waals surface area contributed by atoms with Crippen molar-refractivity contribution in [1.82, 2.24) is 0 Å². The molecule has 3 N–H and O–H groups in total. The number of halogens is 2. The maximum absolute atomic E-state index is 12.6. The third-order valence-electron chi connectivity index (χ3n) is 3.88. The fourth-order valence-electron chi connectivity index (χ4n) is 2.64. The van der Waals surface area contributed by atoms with Crippen molar-refractivity contribution in [2.75, 3.05) is 10.2 Å². The first-order valence-electron chi connectivity index (χ1n) is 7.42. The third-order valence-corrected chi connectivity index (χ3v) is 4.62. The molecule has 1 heterocycles. The second-order valence-corrected chi connectivity index (χ2v) is 6.42. The smallest absolute Gasteiger partial charge is 0.339 e. The Kier molecular flexibility index (Phi) is 4.76. The van der Waals surface area contributed by atoms with Gasteiger partial charge in [0, 0.05) is 11.8 Å². The van der Waals surface area contributed by atoms with E-state index >= 15 is 0 Å². The summed E-state index contributed by atoms with van der Waals surface area (Å²) < 4.78 is 0. The van der Waals surface area contributed by atoms with Gasteiger partial charge in [-0.3, -0.25) is 9.59 Å². The van der Waals surface area contributed by atoms with Gasteiger partial charge in [0.15, 0.2) is 0 Å². The number of carbonyl (C=O) groups excluding carboxylic acids is 2. The van der Waals surface area contributed by atoms with E-state index in [0.29, 0.717) is 15.7 Å². The van der Waals surface area contributed by atoms with Crippen LogP contribution in [-0.4, -0.2) is 34.0 Å². The number of amides is 2. The van der Waals surface area contributed by atoms with E-state index in [-0.39, 0.29) is 17.7 Å². The molecule has 3 rings (SSSR count). The number of anilines is 2. The Bertz CT molecular complexity index is 931. The van der Waals surface area contributed by atoms with Crippen LogP contribution in [0.3, 0.4) is 0 Å². The van der Waals surface area contributed by atoms with E-state index in [1.165, 1.54) is 12.1 Å². The largest absolute Gasteiger partial charge is 0.507 e. The highest BCUT2D eigenvalue weighted by Gasteiger charge is 2.40. The lowest BCUT2D eigenvalue weighted by atomic mass is 10.1. The zero-order valence-electron chi connectivity index (χ0n) is 13.1. The van der Waals surface area contributed by atoms with E-state index in [0.717, 1.165) is 17.0 Å². The number of hydrogen-bond acceptors (Lipinski definition) is 5. The van der Waals surface area contributed by atoms with E-state index in [9.17, 15) is 19.5 Å². The number of benzene rings is 2. The maximum Gasteiger partial charge on any atom is 0.339 e. The van der Waals surface area contributed by atoms with Gasteiger partial charge in [0.2, 0.25) is 5.91 Å². The molecule has 26 heavy (non-hydrogen) atoms. The number of phenols is 1. The minimum atomic E-state index is -1.31.